The molecule has 0 radical (unpaired) electrons. The summed E-state index contributed by atoms with van der Waals surface area (Å²) in [5.41, 5.74) is 3.33. The molecule has 170 valence electrons. The second-order valence-corrected chi connectivity index (χ2v) is 9.33. The lowest BCUT2D eigenvalue weighted by atomic mass is 10.2. The van der Waals surface area contributed by atoms with Gasteiger partial charge in [0.25, 0.3) is 5.91 Å². The van der Waals surface area contributed by atoms with Crippen molar-refractivity contribution in [2.75, 3.05) is 18.4 Å². The summed E-state index contributed by atoms with van der Waals surface area (Å²) in [6.07, 6.45) is 3.76. The van der Waals surface area contributed by atoms with Crippen molar-refractivity contribution in [1.29, 1.82) is 0 Å². The number of nitrogens with one attached hydrogen (secondary N) is 1. The minimum absolute atomic E-state index is 0.214. The van der Waals surface area contributed by atoms with Crippen LogP contribution in [0.3, 0.4) is 0 Å². The Kier molecular flexibility index (Phi) is 6.17. The molecule has 2 unspecified atom stereocenters. The summed E-state index contributed by atoms with van der Waals surface area (Å²) >= 11 is 1.43. The fourth-order valence-corrected chi connectivity index (χ4v) is 4.91. The number of amides is 1. The lowest BCUT2D eigenvalue weighted by Gasteiger charge is -2.34. The number of hydrogen-bond acceptors (Lipinski definition) is 7. The van der Waals surface area contributed by atoms with Crippen LogP contribution in [-0.4, -0.2) is 55.9 Å². The minimum Gasteiger partial charge on any atom is -0.373 e. The van der Waals surface area contributed by atoms with Crippen LogP contribution in [0.5, 0.6) is 0 Å². The first kappa shape index (κ1) is 21.7. The van der Waals surface area contributed by atoms with E-state index in [1.165, 1.54) is 11.3 Å². The Bertz CT molecular complexity index is 1240. The van der Waals surface area contributed by atoms with Gasteiger partial charge in [-0.1, -0.05) is 30.3 Å². The van der Waals surface area contributed by atoms with Crippen LogP contribution in [0.1, 0.15) is 35.5 Å². The molecule has 1 aromatic carbocycles. The van der Waals surface area contributed by atoms with Crippen LogP contribution in [0.4, 0.5) is 5.13 Å². The number of thiazole rings is 1. The molecule has 5 rings (SSSR count). The molecule has 1 aliphatic heterocycles. The van der Waals surface area contributed by atoms with E-state index in [1.54, 1.807) is 12.4 Å². The number of ether oxygens (including phenoxy) is 1. The van der Waals surface area contributed by atoms with E-state index >= 15 is 0 Å². The molecule has 8 nitrogen and oxygen atoms in total. The molecule has 1 N–H and O–H groups in total. The van der Waals surface area contributed by atoms with Gasteiger partial charge in [-0.25, -0.2) is 14.6 Å². The fraction of sp³-hybridized carbons (Fsp3) is 0.333. The quantitative estimate of drug-likeness (QED) is 0.469. The van der Waals surface area contributed by atoms with Crippen LogP contribution >= 0.6 is 11.3 Å². The molecular weight excluding hydrogens is 436 g/mol. The summed E-state index contributed by atoms with van der Waals surface area (Å²) in [4.78, 5) is 24.2. The van der Waals surface area contributed by atoms with Crippen molar-refractivity contribution in [2.45, 2.75) is 39.1 Å². The van der Waals surface area contributed by atoms with Crippen LogP contribution < -0.4 is 5.32 Å². The van der Waals surface area contributed by atoms with E-state index in [4.69, 9.17) is 4.74 Å². The van der Waals surface area contributed by atoms with Crippen molar-refractivity contribution in [2.24, 2.45) is 0 Å². The van der Waals surface area contributed by atoms with Gasteiger partial charge in [-0.05, 0) is 25.5 Å². The zero-order chi connectivity index (χ0) is 22.8. The summed E-state index contributed by atoms with van der Waals surface area (Å²) in [6.45, 7) is 7.32. The first-order valence-electron chi connectivity index (χ1n) is 11.0. The number of benzene rings is 1. The first-order chi connectivity index (χ1) is 16.0. The largest absolute Gasteiger partial charge is 0.373 e. The predicted molar refractivity (Wildman–Crippen MR) is 128 cm³/mol. The molecule has 1 aliphatic rings. The van der Waals surface area contributed by atoms with Gasteiger partial charge in [-0.3, -0.25) is 15.0 Å². The number of rotatable bonds is 6. The maximum atomic E-state index is 12.8. The van der Waals surface area contributed by atoms with Crippen molar-refractivity contribution in [3.8, 4) is 0 Å². The molecule has 4 aromatic rings. The molecule has 0 bridgehead atoms. The van der Waals surface area contributed by atoms with Crippen molar-refractivity contribution in [1.82, 2.24) is 24.6 Å². The molecule has 3 aromatic heterocycles. The number of carbonyl (C=O) groups is 1. The third kappa shape index (κ3) is 5.11. The van der Waals surface area contributed by atoms with E-state index in [0.717, 1.165) is 41.9 Å². The van der Waals surface area contributed by atoms with Gasteiger partial charge in [0.2, 0.25) is 0 Å². The van der Waals surface area contributed by atoms with Crippen molar-refractivity contribution < 1.29 is 9.53 Å². The monoisotopic (exact) mass is 462 g/mol. The average Bonchev–Trinajstić information content (AvgIpc) is 3.40. The van der Waals surface area contributed by atoms with Gasteiger partial charge in [0, 0.05) is 36.6 Å². The van der Waals surface area contributed by atoms with Gasteiger partial charge in [0.15, 0.2) is 10.8 Å². The maximum Gasteiger partial charge on any atom is 0.259 e. The topological polar surface area (TPSA) is 85.2 Å². The Morgan fingerprint density at radius 3 is 2.73 bits per heavy atom. The Morgan fingerprint density at radius 2 is 1.94 bits per heavy atom. The maximum absolute atomic E-state index is 12.8. The number of carbonyl (C=O) groups excluding carboxylic acids is 1. The van der Waals surface area contributed by atoms with Gasteiger partial charge >= 0.3 is 0 Å². The molecular formula is C24H26N6O2S. The number of aromatic nitrogens is 4. The van der Waals surface area contributed by atoms with Gasteiger partial charge in [-0.2, -0.15) is 5.10 Å². The molecule has 4 heterocycles. The van der Waals surface area contributed by atoms with Crippen LogP contribution in [0.25, 0.3) is 11.0 Å². The highest BCUT2D eigenvalue weighted by atomic mass is 32.1. The van der Waals surface area contributed by atoms with E-state index in [9.17, 15) is 4.79 Å². The van der Waals surface area contributed by atoms with E-state index in [1.807, 2.05) is 34.3 Å². The lowest BCUT2D eigenvalue weighted by Crippen LogP contribution is -2.44. The predicted octanol–water partition coefficient (Wildman–Crippen LogP) is 3.80. The van der Waals surface area contributed by atoms with Gasteiger partial charge in [0.1, 0.15) is 0 Å². The fourth-order valence-electron chi connectivity index (χ4n) is 4.22. The highest BCUT2D eigenvalue weighted by Crippen LogP contribution is 2.21. The Hall–Kier alpha value is -3.14. The normalized spacial score (nSPS) is 19.1. The van der Waals surface area contributed by atoms with Crippen LogP contribution in [0.15, 0.2) is 54.2 Å². The molecule has 0 saturated carbocycles. The SMILES string of the molecule is CC1CN(Cc2csc(NC(=O)c3cnc4c(cnn4Cc4ccccc4)c3)n2)CC(C)O1. The van der Waals surface area contributed by atoms with Crippen LogP contribution in [0.2, 0.25) is 0 Å². The second kappa shape index (κ2) is 9.38. The highest BCUT2D eigenvalue weighted by molar-refractivity contribution is 7.14. The summed E-state index contributed by atoms with van der Waals surface area (Å²) in [5.74, 6) is -0.227. The summed E-state index contributed by atoms with van der Waals surface area (Å²) in [6, 6.07) is 11.9. The van der Waals surface area contributed by atoms with E-state index in [-0.39, 0.29) is 18.1 Å². The zero-order valence-corrected chi connectivity index (χ0v) is 19.5. The molecule has 33 heavy (non-hydrogen) atoms. The first-order valence-corrected chi connectivity index (χ1v) is 11.9. The van der Waals surface area contributed by atoms with E-state index < -0.39 is 0 Å². The van der Waals surface area contributed by atoms with E-state index in [0.29, 0.717) is 17.2 Å². The van der Waals surface area contributed by atoms with Crippen LogP contribution in [-0.2, 0) is 17.8 Å². The summed E-state index contributed by atoms with van der Waals surface area (Å²) in [5, 5.41) is 10.8. The standard InChI is InChI=1S/C24H26N6O2S/c1-16-11-29(12-17(2)32-16)14-21-15-33-24(27-21)28-23(31)20-8-19-10-26-30(22(19)25-9-20)13-18-6-4-3-5-7-18/h3-10,15-17H,11-14H2,1-2H3,(H,27,28,31). The molecule has 1 amide bonds. The molecule has 0 aliphatic carbocycles. The molecule has 0 spiro atoms. The Morgan fingerprint density at radius 1 is 1.15 bits per heavy atom. The number of pyridine rings is 1. The molecule has 1 fully saturated rings. The van der Waals surface area contributed by atoms with E-state index in [2.05, 4.69) is 51.3 Å². The number of fused-ring (bicyclic) bond motifs is 1. The van der Waals surface area contributed by atoms with Gasteiger partial charge in [0.05, 0.1) is 36.2 Å². The summed E-state index contributed by atoms with van der Waals surface area (Å²) < 4.78 is 7.63. The van der Waals surface area contributed by atoms with Crippen molar-refractivity contribution in [3.05, 3.63) is 71.0 Å². The third-order valence-corrected chi connectivity index (χ3v) is 6.37. The number of morpholine rings is 1. The second-order valence-electron chi connectivity index (χ2n) is 8.47. The molecule has 1 saturated heterocycles. The number of nitrogens with zero attached hydrogens (tertiary/aromatic N) is 5. The smallest absolute Gasteiger partial charge is 0.259 e. The van der Waals surface area contributed by atoms with Crippen molar-refractivity contribution >= 4 is 33.4 Å². The van der Waals surface area contributed by atoms with Gasteiger partial charge < -0.3 is 4.74 Å². The number of hydrogen-bond donors (Lipinski definition) is 1. The molecule has 2 atom stereocenters. The third-order valence-electron chi connectivity index (χ3n) is 5.57. The van der Waals surface area contributed by atoms with Crippen molar-refractivity contribution in [3.63, 3.8) is 0 Å². The van der Waals surface area contributed by atoms with Gasteiger partial charge in [-0.15, -0.1) is 11.3 Å². The van der Waals surface area contributed by atoms with Crippen LogP contribution in [0, 0.1) is 0 Å². The average molecular weight is 463 g/mol. The minimum atomic E-state index is -0.227. The Labute approximate surface area is 196 Å². The Balaban J connectivity index is 1.24. The molecule has 9 heteroatoms. The zero-order valence-electron chi connectivity index (χ0n) is 18.6. The lowest BCUT2D eigenvalue weighted by molar-refractivity contribution is -0.0707. The number of anilines is 1. The highest BCUT2D eigenvalue weighted by Gasteiger charge is 2.23. The summed E-state index contributed by atoms with van der Waals surface area (Å²) in [7, 11) is 0.